The lowest BCUT2D eigenvalue weighted by molar-refractivity contribution is -0.147. The molecule has 2 aromatic carbocycles. The first-order valence-corrected chi connectivity index (χ1v) is 10.4. The summed E-state index contributed by atoms with van der Waals surface area (Å²) in [5.74, 6) is 0.309. The van der Waals surface area contributed by atoms with Crippen LogP contribution in [0.4, 0.5) is 0 Å². The van der Waals surface area contributed by atoms with Crippen LogP contribution in [-0.2, 0) is 20.9 Å². The van der Waals surface area contributed by atoms with Gasteiger partial charge in [-0.3, -0.25) is 9.69 Å². The van der Waals surface area contributed by atoms with Gasteiger partial charge in [0.15, 0.2) is 11.5 Å². The molecule has 156 valence electrons. The van der Waals surface area contributed by atoms with Gasteiger partial charge in [-0.2, -0.15) is 0 Å². The fourth-order valence-electron chi connectivity index (χ4n) is 2.87. The normalized spacial score (nSPS) is 16.0. The van der Waals surface area contributed by atoms with Crippen LogP contribution < -0.4 is 9.47 Å². The molecule has 1 unspecified atom stereocenters. The second-order valence-electron chi connectivity index (χ2n) is 6.44. The summed E-state index contributed by atoms with van der Waals surface area (Å²) >= 11 is 6.43. The van der Waals surface area contributed by atoms with Gasteiger partial charge >= 0.3 is 5.97 Å². The maximum absolute atomic E-state index is 12.7. The number of carbonyl (C=O) groups excluding carboxylic acids is 2. The molecule has 30 heavy (non-hydrogen) atoms. The fourth-order valence-corrected chi connectivity index (χ4v) is 4.29. The third-order valence-electron chi connectivity index (χ3n) is 4.48. The zero-order valence-electron chi connectivity index (χ0n) is 16.8. The average molecular weight is 444 g/mol. The molecule has 3 rings (SSSR count). The SMILES string of the molecule is COC(=O)C(C)N1C(=O)/C(=C/c2ccc(OCc3ccccc3)c(OC)c2)SC1=S. The molecule has 0 bridgehead atoms. The molecule has 6 nitrogen and oxygen atoms in total. The number of thiocarbonyl (C=S) groups is 1. The molecule has 1 fully saturated rings. The number of methoxy groups -OCH3 is 2. The Morgan fingerprint density at radius 2 is 1.90 bits per heavy atom. The summed E-state index contributed by atoms with van der Waals surface area (Å²) in [5, 5.41) is 0. The molecular formula is C22H21NO5S2. The molecular weight excluding hydrogens is 422 g/mol. The number of rotatable bonds is 7. The van der Waals surface area contributed by atoms with E-state index >= 15 is 0 Å². The number of ether oxygens (including phenoxy) is 3. The van der Waals surface area contributed by atoms with Crippen LogP contribution in [0.15, 0.2) is 53.4 Å². The van der Waals surface area contributed by atoms with E-state index in [4.69, 9.17) is 26.4 Å². The molecule has 1 heterocycles. The van der Waals surface area contributed by atoms with Crippen molar-refractivity contribution >= 4 is 46.3 Å². The number of nitrogens with zero attached hydrogens (tertiary/aromatic N) is 1. The largest absolute Gasteiger partial charge is 0.493 e. The first-order chi connectivity index (χ1) is 14.4. The first kappa shape index (κ1) is 21.9. The van der Waals surface area contributed by atoms with Crippen LogP contribution in [0, 0.1) is 0 Å². The third kappa shape index (κ3) is 4.83. The highest BCUT2D eigenvalue weighted by atomic mass is 32.2. The topological polar surface area (TPSA) is 65.1 Å². The van der Waals surface area contributed by atoms with Crippen molar-refractivity contribution in [2.75, 3.05) is 14.2 Å². The minimum Gasteiger partial charge on any atom is -0.493 e. The van der Waals surface area contributed by atoms with E-state index in [-0.39, 0.29) is 5.91 Å². The van der Waals surface area contributed by atoms with Crippen molar-refractivity contribution in [3.8, 4) is 11.5 Å². The van der Waals surface area contributed by atoms with Gasteiger partial charge in [-0.25, -0.2) is 4.79 Å². The van der Waals surface area contributed by atoms with Gasteiger partial charge in [0, 0.05) is 0 Å². The molecule has 0 saturated carbocycles. The number of benzene rings is 2. The van der Waals surface area contributed by atoms with E-state index in [1.165, 1.54) is 12.0 Å². The van der Waals surface area contributed by atoms with Crippen molar-refractivity contribution in [3.63, 3.8) is 0 Å². The fraction of sp³-hybridized carbons (Fsp3) is 0.227. The van der Waals surface area contributed by atoms with Crippen molar-refractivity contribution < 1.29 is 23.8 Å². The second-order valence-corrected chi connectivity index (χ2v) is 8.11. The van der Waals surface area contributed by atoms with Crippen molar-refractivity contribution in [3.05, 3.63) is 64.6 Å². The number of amides is 1. The van der Waals surface area contributed by atoms with Gasteiger partial charge in [0.1, 0.15) is 17.0 Å². The van der Waals surface area contributed by atoms with E-state index in [9.17, 15) is 9.59 Å². The maximum atomic E-state index is 12.7. The third-order valence-corrected chi connectivity index (χ3v) is 5.81. The van der Waals surface area contributed by atoms with Crippen molar-refractivity contribution in [1.29, 1.82) is 0 Å². The Morgan fingerprint density at radius 3 is 2.57 bits per heavy atom. The van der Waals surface area contributed by atoms with E-state index in [0.29, 0.717) is 27.3 Å². The highest BCUT2D eigenvalue weighted by molar-refractivity contribution is 8.26. The van der Waals surface area contributed by atoms with E-state index in [1.54, 1.807) is 32.2 Å². The molecule has 1 saturated heterocycles. The number of esters is 1. The van der Waals surface area contributed by atoms with Gasteiger partial charge in [0.05, 0.1) is 19.1 Å². The van der Waals surface area contributed by atoms with Crippen molar-refractivity contribution in [2.45, 2.75) is 19.6 Å². The maximum Gasteiger partial charge on any atom is 0.328 e. The van der Waals surface area contributed by atoms with E-state index in [0.717, 1.165) is 22.9 Å². The molecule has 1 aliphatic heterocycles. The summed E-state index contributed by atoms with van der Waals surface area (Å²) < 4.78 is 16.4. The second kappa shape index (κ2) is 9.77. The first-order valence-electron chi connectivity index (χ1n) is 9.14. The van der Waals surface area contributed by atoms with Crippen LogP contribution in [0.5, 0.6) is 11.5 Å². The number of hydrogen-bond acceptors (Lipinski definition) is 7. The predicted octanol–water partition coefficient (Wildman–Crippen LogP) is 4.04. The van der Waals surface area contributed by atoms with Crippen LogP contribution in [-0.4, -0.2) is 41.4 Å². The Morgan fingerprint density at radius 1 is 1.17 bits per heavy atom. The monoisotopic (exact) mass is 443 g/mol. The van der Waals surface area contributed by atoms with Gasteiger partial charge in [0.2, 0.25) is 0 Å². The van der Waals surface area contributed by atoms with Crippen LogP contribution in [0.25, 0.3) is 6.08 Å². The lowest BCUT2D eigenvalue weighted by atomic mass is 10.1. The average Bonchev–Trinajstić information content (AvgIpc) is 3.04. The summed E-state index contributed by atoms with van der Waals surface area (Å²) in [6.45, 7) is 2.00. The molecule has 0 aliphatic carbocycles. The lowest BCUT2D eigenvalue weighted by Gasteiger charge is -2.20. The molecule has 0 radical (unpaired) electrons. The van der Waals surface area contributed by atoms with Crippen LogP contribution in [0.2, 0.25) is 0 Å². The quantitative estimate of drug-likeness (QED) is 0.364. The Labute approximate surface area is 184 Å². The van der Waals surface area contributed by atoms with Crippen LogP contribution >= 0.6 is 24.0 Å². The van der Waals surface area contributed by atoms with Gasteiger partial charge in [-0.15, -0.1) is 0 Å². The Hall–Kier alpha value is -2.84. The van der Waals surface area contributed by atoms with Gasteiger partial charge in [0.25, 0.3) is 5.91 Å². The standard InChI is InChI=1S/C22H21NO5S2/c1-14(21(25)27-3)23-20(24)19(30-22(23)29)12-16-9-10-17(18(11-16)26-2)28-13-15-7-5-4-6-8-15/h4-12,14H,13H2,1-3H3/b19-12-. The van der Waals surface area contributed by atoms with Gasteiger partial charge in [-0.1, -0.05) is 60.4 Å². The Balaban J connectivity index is 1.78. The van der Waals surface area contributed by atoms with E-state index in [1.807, 2.05) is 36.4 Å². The predicted molar refractivity (Wildman–Crippen MR) is 120 cm³/mol. The van der Waals surface area contributed by atoms with E-state index < -0.39 is 12.0 Å². The zero-order chi connectivity index (χ0) is 21.7. The lowest BCUT2D eigenvalue weighted by Crippen LogP contribution is -2.42. The van der Waals surface area contributed by atoms with Crippen LogP contribution in [0.1, 0.15) is 18.1 Å². The van der Waals surface area contributed by atoms with Crippen molar-refractivity contribution in [2.24, 2.45) is 0 Å². The van der Waals surface area contributed by atoms with E-state index in [2.05, 4.69) is 0 Å². The number of carbonyl (C=O) groups is 2. The summed E-state index contributed by atoms with van der Waals surface area (Å²) in [4.78, 5) is 26.3. The summed E-state index contributed by atoms with van der Waals surface area (Å²) in [7, 11) is 2.84. The van der Waals surface area contributed by atoms with Gasteiger partial charge in [-0.05, 0) is 36.3 Å². The highest BCUT2D eigenvalue weighted by Crippen LogP contribution is 2.36. The number of thioether (sulfide) groups is 1. The molecule has 1 aliphatic rings. The van der Waals surface area contributed by atoms with Crippen LogP contribution in [0.3, 0.4) is 0 Å². The molecule has 1 atom stereocenters. The minimum atomic E-state index is -0.781. The molecule has 0 N–H and O–H groups in total. The molecule has 8 heteroatoms. The smallest absolute Gasteiger partial charge is 0.328 e. The summed E-state index contributed by atoms with van der Waals surface area (Å²) in [5.41, 5.74) is 1.80. The Bertz CT molecular complexity index is 990. The minimum absolute atomic E-state index is 0.318. The summed E-state index contributed by atoms with van der Waals surface area (Å²) in [6, 6.07) is 14.5. The van der Waals surface area contributed by atoms with Crippen molar-refractivity contribution in [1.82, 2.24) is 4.90 Å². The highest BCUT2D eigenvalue weighted by Gasteiger charge is 2.38. The number of hydrogen-bond donors (Lipinski definition) is 0. The molecule has 0 aromatic heterocycles. The van der Waals surface area contributed by atoms with Gasteiger partial charge < -0.3 is 14.2 Å². The molecule has 1 amide bonds. The zero-order valence-corrected chi connectivity index (χ0v) is 18.4. The summed E-state index contributed by atoms with van der Waals surface area (Å²) in [6.07, 6.45) is 1.72. The Kier molecular flexibility index (Phi) is 7.12. The molecule has 0 spiro atoms. The molecule has 2 aromatic rings.